The van der Waals surface area contributed by atoms with E-state index in [1.54, 1.807) is 11.0 Å². The molecule has 1 N–H and O–H groups in total. The van der Waals surface area contributed by atoms with Gasteiger partial charge in [-0.1, -0.05) is 12.1 Å². The van der Waals surface area contributed by atoms with E-state index in [1.807, 2.05) is 0 Å². The van der Waals surface area contributed by atoms with E-state index in [0.29, 0.717) is 38.1 Å². The molecule has 1 spiro atoms. The van der Waals surface area contributed by atoms with Crippen molar-refractivity contribution in [2.24, 2.45) is 11.8 Å². The summed E-state index contributed by atoms with van der Waals surface area (Å²) >= 11 is 0. The van der Waals surface area contributed by atoms with Crippen molar-refractivity contribution in [3.8, 4) is 0 Å². The lowest BCUT2D eigenvalue weighted by Crippen LogP contribution is -2.58. The number of carbonyl (C=O) groups excluding carboxylic acids is 2. The lowest BCUT2D eigenvalue weighted by Gasteiger charge is -2.43. The highest BCUT2D eigenvalue weighted by Gasteiger charge is 2.63. The van der Waals surface area contributed by atoms with Crippen molar-refractivity contribution in [3.05, 3.63) is 34.9 Å². The second-order valence-electron chi connectivity index (χ2n) is 8.89. The summed E-state index contributed by atoms with van der Waals surface area (Å²) in [5.41, 5.74) is -0.428. The van der Waals surface area contributed by atoms with Gasteiger partial charge in [-0.15, -0.1) is 0 Å². The van der Waals surface area contributed by atoms with E-state index in [4.69, 9.17) is 4.74 Å². The summed E-state index contributed by atoms with van der Waals surface area (Å²) in [6.07, 6.45) is -2.85. The van der Waals surface area contributed by atoms with Crippen LogP contribution >= 0.6 is 0 Å². The van der Waals surface area contributed by atoms with Crippen molar-refractivity contribution < 1.29 is 27.5 Å². The summed E-state index contributed by atoms with van der Waals surface area (Å²) in [7, 11) is 0. The molecule has 8 heteroatoms. The molecule has 150 valence electrons. The first-order valence-electron chi connectivity index (χ1n) is 9.54. The van der Waals surface area contributed by atoms with Crippen LogP contribution in [0.3, 0.4) is 0 Å². The average Bonchev–Trinajstić information content (AvgIpc) is 2.96. The van der Waals surface area contributed by atoms with Crippen LogP contribution in [0.2, 0.25) is 0 Å². The Kier molecular flexibility index (Phi) is 3.45. The Balaban J connectivity index is 1.29. The normalized spacial score (nSPS) is 36.0. The summed E-state index contributed by atoms with van der Waals surface area (Å²) < 4.78 is 44.8. The number of benzene rings is 1. The number of ether oxygens (including phenoxy) is 1. The van der Waals surface area contributed by atoms with Crippen LogP contribution in [-0.4, -0.2) is 42.1 Å². The third-order valence-electron chi connectivity index (χ3n) is 7.05. The molecule has 1 aromatic rings. The van der Waals surface area contributed by atoms with Gasteiger partial charge >= 0.3 is 12.3 Å². The molecule has 4 aliphatic rings. The molecular formula is C20H21F3N2O3. The molecule has 2 unspecified atom stereocenters. The van der Waals surface area contributed by atoms with Crippen LogP contribution < -0.4 is 5.32 Å². The molecule has 2 aliphatic heterocycles. The molecule has 28 heavy (non-hydrogen) atoms. The highest BCUT2D eigenvalue weighted by atomic mass is 19.4. The maximum Gasteiger partial charge on any atom is 0.416 e. The number of alkyl halides is 3. The van der Waals surface area contributed by atoms with Gasteiger partial charge in [0.15, 0.2) is 0 Å². The number of amides is 2. The topological polar surface area (TPSA) is 58.6 Å². The van der Waals surface area contributed by atoms with Gasteiger partial charge in [0.05, 0.1) is 11.1 Å². The molecule has 0 aromatic heterocycles. The number of halogens is 3. The van der Waals surface area contributed by atoms with Gasteiger partial charge in [-0.25, -0.2) is 4.79 Å². The minimum atomic E-state index is -4.37. The number of hydrogen-bond donors (Lipinski definition) is 1. The summed E-state index contributed by atoms with van der Waals surface area (Å²) in [5, 5.41) is 2.78. The zero-order valence-electron chi connectivity index (χ0n) is 15.4. The summed E-state index contributed by atoms with van der Waals surface area (Å²) in [5.74, 6) is 0.116. The predicted molar refractivity (Wildman–Crippen MR) is 92.5 cm³/mol. The monoisotopic (exact) mass is 394 g/mol. The minimum absolute atomic E-state index is 0.0431. The van der Waals surface area contributed by atoms with Crippen LogP contribution in [0.15, 0.2) is 18.2 Å². The van der Waals surface area contributed by atoms with E-state index in [-0.39, 0.29) is 28.7 Å². The van der Waals surface area contributed by atoms with Crippen molar-refractivity contribution in [2.45, 2.75) is 43.3 Å². The van der Waals surface area contributed by atoms with Crippen LogP contribution in [0.1, 0.15) is 36.0 Å². The molecule has 4 fully saturated rings. The fourth-order valence-electron chi connectivity index (χ4n) is 5.36. The standard InChI is InChI=1S/C20H21F3N2O3/c1-11-2-3-13(4-15(11)20(21,22)23)19-7-14(19)8-25(9-19)16(26)12-5-18(6-12)10-28-17(27)24-18/h2-4,12,14H,5-10H2,1H3,(H,24,27). The van der Waals surface area contributed by atoms with E-state index < -0.39 is 23.4 Å². The molecule has 0 bridgehead atoms. The number of alkyl carbamates (subject to hydrolysis) is 1. The van der Waals surface area contributed by atoms with Crippen molar-refractivity contribution in [2.75, 3.05) is 19.7 Å². The molecule has 2 saturated heterocycles. The predicted octanol–water partition coefficient (Wildman–Crippen LogP) is 3.00. The molecule has 2 amide bonds. The van der Waals surface area contributed by atoms with Crippen LogP contribution in [-0.2, 0) is 21.1 Å². The van der Waals surface area contributed by atoms with Gasteiger partial charge in [-0.05, 0) is 49.3 Å². The number of hydrogen-bond acceptors (Lipinski definition) is 3. The zero-order chi connectivity index (χ0) is 19.9. The van der Waals surface area contributed by atoms with Crippen LogP contribution in [0, 0.1) is 18.8 Å². The number of piperidine rings is 1. The number of cyclic esters (lactones) is 1. The molecular weight excluding hydrogens is 373 g/mol. The van der Waals surface area contributed by atoms with Gasteiger partial charge in [0.25, 0.3) is 0 Å². The van der Waals surface area contributed by atoms with E-state index in [9.17, 15) is 22.8 Å². The van der Waals surface area contributed by atoms with Gasteiger partial charge in [0.1, 0.15) is 6.61 Å². The van der Waals surface area contributed by atoms with Gasteiger partial charge in [-0.2, -0.15) is 13.2 Å². The third-order valence-corrected chi connectivity index (χ3v) is 7.05. The van der Waals surface area contributed by atoms with Gasteiger partial charge in [0.2, 0.25) is 5.91 Å². The van der Waals surface area contributed by atoms with Crippen molar-refractivity contribution in [1.82, 2.24) is 10.2 Å². The molecule has 0 radical (unpaired) electrons. The minimum Gasteiger partial charge on any atom is -0.447 e. The average molecular weight is 394 g/mol. The Morgan fingerprint density at radius 1 is 1.29 bits per heavy atom. The number of nitrogens with zero attached hydrogens (tertiary/aromatic N) is 1. The zero-order valence-corrected chi connectivity index (χ0v) is 15.4. The Morgan fingerprint density at radius 3 is 2.68 bits per heavy atom. The van der Waals surface area contributed by atoms with Gasteiger partial charge in [0, 0.05) is 24.4 Å². The largest absolute Gasteiger partial charge is 0.447 e. The highest BCUT2D eigenvalue weighted by molar-refractivity contribution is 5.82. The van der Waals surface area contributed by atoms with Crippen molar-refractivity contribution in [1.29, 1.82) is 0 Å². The number of nitrogens with one attached hydrogen (secondary N) is 1. The number of carbonyl (C=O) groups is 2. The second kappa shape index (κ2) is 5.42. The fourth-order valence-corrected chi connectivity index (χ4v) is 5.36. The SMILES string of the molecule is Cc1ccc(C23CC2CN(C(=O)C2CC4(COC(=O)N4)C2)C3)cc1C(F)(F)F. The highest BCUT2D eigenvalue weighted by Crippen LogP contribution is 2.60. The summed E-state index contributed by atoms with van der Waals surface area (Å²) in [4.78, 5) is 25.9. The van der Waals surface area contributed by atoms with Crippen LogP contribution in [0.25, 0.3) is 0 Å². The Hall–Kier alpha value is -2.25. The molecule has 2 atom stereocenters. The molecule has 1 aromatic carbocycles. The molecule has 5 nitrogen and oxygen atoms in total. The number of aryl methyl sites for hydroxylation is 1. The lowest BCUT2D eigenvalue weighted by molar-refractivity contribution is -0.141. The lowest BCUT2D eigenvalue weighted by atomic mass is 9.68. The molecule has 2 aliphatic carbocycles. The van der Waals surface area contributed by atoms with Gasteiger partial charge < -0.3 is 15.0 Å². The first-order chi connectivity index (χ1) is 13.1. The van der Waals surface area contributed by atoms with E-state index >= 15 is 0 Å². The summed E-state index contributed by atoms with van der Waals surface area (Å²) in [6, 6.07) is 4.58. The molecule has 2 heterocycles. The van der Waals surface area contributed by atoms with Crippen LogP contribution in [0.4, 0.5) is 18.0 Å². The van der Waals surface area contributed by atoms with E-state index in [0.717, 1.165) is 6.42 Å². The Bertz CT molecular complexity index is 878. The first-order valence-corrected chi connectivity index (χ1v) is 9.54. The van der Waals surface area contributed by atoms with Crippen LogP contribution in [0.5, 0.6) is 0 Å². The van der Waals surface area contributed by atoms with Crippen molar-refractivity contribution >= 4 is 12.0 Å². The number of likely N-dealkylation sites (tertiary alicyclic amines) is 1. The van der Waals surface area contributed by atoms with Gasteiger partial charge in [-0.3, -0.25) is 4.79 Å². The van der Waals surface area contributed by atoms with E-state index in [1.165, 1.54) is 19.1 Å². The summed E-state index contributed by atoms with van der Waals surface area (Å²) in [6.45, 7) is 2.84. The fraction of sp³-hybridized carbons (Fsp3) is 0.600. The number of rotatable bonds is 2. The number of fused-ring (bicyclic) bond motifs is 1. The van der Waals surface area contributed by atoms with E-state index in [2.05, 4.69) is 5.32 Å². The first kappa shape index (κ1) is 17.8. The smallest absolute Gasteiger partial charge is 0.416 e. The Labute approximate surface area is 160 Å². The van der Waals surface area contributed by atoms with Crippen molar-refractivity contribution in [3.63, 3.8) is 0 Å². The maximum absolute atomic E-state index is 13.3. The molecule has 2 saturated carbocycles. The third kappa shape index (κ3) is 2.53. The Morgan fingerprint density at radius 2 is 2.04 bits per heavy atom. The quantitative estimate of drug-likeness (QED) is 0.839. The maximum atomic E-state index is 13.3. The second-order valence-corrected chi connectivity index (χ2v) is 8.89. The molecule has 5 rings (SSSR count).